The SMILES string of the molecule is CCn1nc(C)cc1-c1nc(-c2nc(C(N)=O)cc3c2cnn3C)c([C@H](C)N)s1. The highest BCUT2D eigenvalue weighted by molar-refractivity contribution is 7.15. The first-order chi connectivity index (χ1) is 13.8. The van der Waals surface area contributed by atoms with E-state index in [1.165, 1.54) is 11.3 Å². The third kappa shape index (κ3) is 3.19. The molecule has 0 spiro atoms. The van der Waals surface area contributed by atoms with E-state index >= 15 is 0 Å². The molecule has 0 aliphatic carbocycles. The number of primary amides is 1. The lowest BCUT2D eigenvalue weighted by molar-refractivity contribution is 0.0996. The number of carbonyl (C=O) groups excluding carboxylic acids is 1. The molecule has 1 atom stereocenters. The summed E-state index contributed by atoms with van der Waals surface area (Å²) in [6, 6.07) is 3.38. The van der Waals surface area contributed by atoms with Gasteiger partial charge in [-0.15, -0.1) is 11.3 Å². The Balaban J connectivity index is 2.00. The molecule has 0 aliphatic rings. The average molecular weight is 411 g/mol. The minimum Gasteiger partial charge on any atom is -0.364 e. The molecule has 9 nitrogen and oxygen atoms in total. The number of carbonyl (C=O) groups is 1. The Hall–Kier alpha value is -3.11. The molecule has 0 saturated heterocycles. The van der Waals surface area contributed by atoms with E-state index in [0.717, 1.165) is 38.7 Å². The van der Waals surface area contributed by atoms with Crippen molar-refractivity contribution in [3.8, 4) is 22.1 Å². The molecule has 0 aromatic carbocycles. The number of thiazole rings is 1. The van der Waals surface area contributed by atoms with Crippen molar-refractivity contribution < 1.29 is 4.79 Å². The van der Waals surface area contributed by atoms with E-state index in [4.69, 9.17) is 16.5 Å². The zero-order valence-corrected chi connectivity index (χ0v) is 17.5. The average Bonchev–Trinajstić information content (AvgIpc) is 3.37. The fraction of sp³-hybridized carbons (Fsp3) is 0.316. The van der Waals surface area contributed by atoms with Crippen molar-refractivity contribution in [2.75, 3.05) is 0 Å². The van der Waals surface area contributed by atoms with Crippen LogP contribution in [0.2, 0.25) is 0 Å². The predicted molar refractivity (Wildman–Crippen MR) is 112 cm³/mol. The van der Waals surface area contributed by atoms with E-state index in [0.29, 0.717) is 11.4 Å². The summed E-state index contributed by atoms with van der Waals surface area (Å²) in [5, 5.41) is 10.4. The van der Waals surface area contributed by atoms with Crippen molar-refractivity contribution in [2.45, 2.75) is 33.4 Å². The first kappa shape index (κ1) is 19.2. The second-order valence-corrected chi connectivity index (χ2v) is 7.96. The second kappa shape index (κ2) is 7.05. The van der Waals surface area contributed by atoms with Crippen LogP contribution in [0.4, 0.5) is 0 Å². The zero-order valence-electron chi connectivity index (χ0n) is 16.7. The van der Waals surface area contributed by atoms with Gasteiger partial charge in [0.25, 0.3) is 5.91 Å². The van der Waals surface area contributed by atoms with Crippen LogP contribution in [-0.2, 0) is 13.6 Å². The molecule has 4 rings (SSSR count). The topological polar surface area (TPSA) is 131 Å². The largest absolute Gasteiger partial charge is 0.364 e. The van der Waals surface area contributed by atoms with Crippen molar-refractivity contribution in [3.05, 3.63) is 34.6 Å². The Bertz CT molecular complexity index is 1230. The summed E-state index contributed by atoms with van der Waals surface area (Å²) in [7, 11) is 1.80. The van der Waals surface area contributed by atoms with Gasteiger partial charge < -0.3 is 11.5 Å². The van der Waals surface area contributed by atoms with Crippen LogP contribution in [0.3, 0.4) is 0 Å². The smallest absolute Gasteiger partial charge is 0.267 e. The molecular formula is C19H22N8OS. The maximum atomic E-state index is 11.9. The molecular weight excluding hydrogens is 388 g/mol. The Morgan fingerprint density at radius 3 is 2.69 bits per heavy atom. The summed E-state index contributed by atoms with van der Waals surface area (Å²) >= 11 is 1.51. The van der Waals surface area contributed by atoms with Crippen molar-refractivity contribution in [1.82, 2.24) is 29.5 Å². The van der Waals surface area contributed by atoms with Gasteiger partial charge in [0.2, 0.25) is 0 Å². The minimum absolute atomic E-state index is 0.163. The molecule has 0 bridgehead atoms. The third-order valence-electron chi connectivity index (χ3n) is 4.71. The summed E-state index contributed by atoms with van der Waals surface area (Å²) in [6.07, 6.45) is 1.72. The quantitative estimate of drug-likeness (QED) is 0.519. The maximum absolute atomic E-state index is 11.9. The van der Waals surface area contributed by atoms with Crippen LogP contribution >= 0.6 is 11.3 Å². The molecule has 4 N–H and O–H groups in total. The van der Waals surface area contributed by atoms with Crippen LogP contribution in [0.15, 0.2) is 18.3 Å². The van der Waals surface area contributed by atoms with Crippen LogP contribution in [0.5, 0.6) is 0 Å². The Morgan fingerprint density at radius 1 is 1.28 bits per heavy atom. The van der Waals surface area contributed by atoms with E-state index < -0.39 is 5.91 Å². The van der Waals surface area contributed by atoms with Gasteiger partial charge in [0.15, 0.2) is 0 Å². The Kier molecular flexibility index (Phi) is 4.67. The number of aromatic nitrogens is 6. The molecule has 0 aliphatic heterocycles. The van der Waals surface area contributed by atoms with E-state index in [1.807, 2.05) is 31.5 Å². The zero-order chi connectivity index (χ0) is 20.9. The number of hydrogen-bond donors (Lipinski definition) is 2. The second-order valence-electron chi connectivity index (χ2n) is 6.93. The molecule has 0 saturated carbocycles. The molecule has 29 heavy (non-hydrogen) atoms. The van der Waals surface area contributed by atoms with Gasteiger partial charge in [0.05, 0.1) is 28.0 Å². The molecule has 0 fully saturated rings. The highest BCUT2D eigenvalue weighted by atomic mass is 32.1. The minimum atomic E-state index is -0.605. The first-order valence-electron chi connectivity index (χ1n) is 9.24. The molecule has 4 aromatic rings. The van der Waals surface area contributed by atoms with Crippen LogP contribution < -0.4 is 11.5 Å². The van der Waals surface area contributed by atoms with Crippen molar-refractivity contribution in [1.29, 1.82) is 0 Å². The van der Waals surface area contributed by atoms with Crippen molar-refractivity contribution >= 4 is 28.1 Å². The number of nitrogens with zero attached hydrogens (tertiary/aromatic N) is 6. The monoisotopic (exact) mass is 410 g/mol. The number of fused-ring (bicyclic) bond motifs is 1. The number of hydrogen-bond acceptors (Lipinski definition) is 7. The van der Waals surface area contributed by atoms with Gasteiger partial charge in [0, 0.05) is 25.0 Å². The lowest BCUT2D eigenvalue weighted by Gasteiger charge is -2.07. The molecule has 0 unspecified atom stereocenters. The molecule has 4 heterocycles. The van der Waals surface area contributed by atoms with E-state index in [9.17, 15) is 4.79 Å². The summed E-state index contributed by atoms with van der Waals surface area (Å²) in [4.78, 5) is 22.1. The van der Waals surface area contributed by atoms with Gasteiger partial charge >= 0.3 is 0 Å². The van der Waals surface area contributed by atoms with Crippen LogP contribution in [0.1, 0.15) is 40.9 Å². The number of aryl methyl sites for hydroxylation is 3. The Labute approximate surface area is 171 Å². The highest BCUT2D eigenvalue weighted by Gasteiger charge is 2.24. The van der Waals surface area contributed by atoms with Crippen molar-refractivity contribution in [3.63, 3.8) is 0 Å². The van der Waals surface area contributed by atoms with Gasteiger partial charge in [-0.2, -0.15) is 10.2 Å². The summed E-state index contributed by atoms with van der Waals surface area (Å²) in [6.45, 7) is 6.62. The number of amides is 1. The van der Waals surface area contributed by atoms with E-state index in [2.05, 4.69) is 15.2 Å². The normalized spacial score (nSPS) is 12.6. The molecule has 4 aromatic heterocycles. The summed E-state index contributed by atoms with van der Waals surface area (Å²) in [5.41, 5.74) is 15.8. The lowest BCUT2D eigenvalue weighted by atomic mass is 10.1. The van der Waals surface area contributed by atoms with E-state index in [-0.39, 0.29) is 11.7 Å². The molecule has 0 radical (unpaired) electrons. The number of nitrogens with two attached hydrogens (primary N) is 2. The Morgan fingerprint density at radius 2 is 2.03 bits per heavy atom. The standard InChI is InChI=1S/C19H22N8OS/c1-5-27-14(6-9(2)25-27)19-24-16(17(29-19)10(3)20)15-11-8-22-26(4)13(11)7-12(23-15)18(21)28/h6-8,10H,5,20H2,1-4H3,(H2,21,28)/t10-/m0/s1. The molecule has 10 heteroatoms. The van der Waals surface area contributed by atoms with Gasteiger partial charge in [-0.05, 0) is 32.9 Å². The van der Waals surface area contributed by atoms with Crippen LogP contribution in [0.25, 0.3) is 33.0 Å². The molecule has 150 valence electrons. The van der Waals surface area contributed by atoms with Gasteiger partial charge in [-0.3, -0.25) is 14.2 Å². The number of rotatable bonds is 5. The fourth-order valence-electron chi connectivity index (χ4n) is 3.33. The van der Waals surface area contributed by atoms with Gasteiger partial charge in [-0.25, -0.2) is 9.97 Å². The van der Waals surface area contributed by atoms with Crippen molar-refractivity contribution in [2.24, 2.45) is 18.5 Å². The van der Waals surface area contributed by atoms with Gasteiger partial charge in [0.1, 0.15) is 22.1 Å². The van der Waals surface area contributed by atoms with Crippen LogP contribution in [0, 0.1) is 6.92 Å². The van der Waals surface area contributed by atoms with Crippen LogP contribution in [-0.4, -0.2) is 35.4 Å². The number of pyridine rings is 1. The predicted octanol–water partition coefficient (Wildman–Crippen LogP) is 2.40. The summed E-state index contributed by atoms with van der Waals surface area (Å²) < 4.78 is 3.59. The van der Waals surface area contributed by atoms with E-state index in [1.54, 1.807) is 24.0 Å². The fourth-order valence-corrected chi connectivity index (χ4v) is 4.37. The molecule has 1 amide bonds. The summed E-state index contributed by atoms with van der Waals surface area (Å²) in [5.74, 6) is -0.605. The third-order valence-corrected chi connectivity index (χ3v) is 5.99. The maximum Gasteiger partial charge on any atom is 0.267 e. The first-order valence-corrected chi connectivity index (χ1v) is 10.1. The van der Waals surface area contributed by atoms with Gasteiger partial charge in [-0.1, -0.05) is 0 Å². The highest BCUT2D eigenvalue weighted by Crippen LogP contribution is 2.38. The lowest BCUT2D eigenvalue weighted by Crippen LogP contribution is -2.14.